The molecule has 3 aromatic rings. The number of nitrogens with zero attached hydrogens (tertiary/aromatic N) is 1. The fourth-order valence-electron chi connectivity index (χ4n) is 4.75. The monoisotopic (exact) mass is 505 g/mol. The summed E-state index contributed by atoms with van der Waals surface area (Å²) in [6.45, 7) is 4.12. The quantitative estimate of drug-likeness (QED) is 0.368. The number of benzene rings is 3. The van der Waals surface area contributed by atoms with Crippen molar-refractivity contribution in [3.63, 3.8) is 0 Å². The third-order valence-electron chi connectivity index (χ3n) is 6.63. The van der Waals surface area contributed by atoms with Crippen LogP contribution in [0.2, 0.25) is 5.02 Å². The molecule has 0 aliphatic carbocycles. The van der Waals surface area contributed by atoms with Gasteiger partial charge in [0.25, 0.3) is 5.91 Å². The highest BCUT2D eigenvalue weighted by Crippen LogP contribution is 2.36. The number of halogens is 1. The summed E-state index contributed by atoms with van der Waals surface area (Å²) in [7, 11) is 0. The summed E-state index contributed by atoms with van der Waals surface area (Å²) in [6.07, 6.45) is 4.66. The number of carboxylic acids is 1. The molecule has 0 aromatic heterocycles. The molecule has 1 heterocycles. The van der Waals surface area contributed by atoms with Crippen molar-refractivity contribution in [1.82, 2.24) is 4.90 Å². The highest BCUT2D eigenvalue weighted by molar-refractivity contribution is 6.30. The van der Waals surface area contributed by atoms with E-state index in [0.717, 1.165) is 49.0 Å². The number of aliphatic carboxylic acids is 1. The van der Waals surface area contributed by atoms with Crippen LogP contribution in [0.5, 0.6) is 5.75 Å². The first-order valence-electron chi connectivity index (χ1n) is 12.4. The van der Waals surface area contributed by atoms with Gasteiger partial charge in [0.2, 0.25) is 0 Å². The molecule has 1 atom stereocenters. The van der Waals surface area contributed by atoms with Gasteiger partial charge in [-0.1, -0.05) is 61.3 Å². The maximum atomic E-state index is 13.3. The topological polar surface area (TPSA) is 66.8 Å². The highest BCUT2D eigenvalue weighted by Gasteiger charge is 2.32. The van der Waals surface area contributed by atoms with E-state index in [-0.39, 0.29) is 24.6 Å². The van der Waals surface area contributed by atoms with Crippen LogP contribution >= 0.6 is 11.6 Å². The first kappa shape index (κ1) is 25.8. The number of carbonyl (C=O) groups is 2. The van der Waals surface area contributed by atoms with Crippen LogP contribution < -0.4 is 4.74 Å². The van der Waals surface area contributed by atoms with Crippen LogP contribution in [0.3, 0.4) is 0 Å². The molecule has 0 saturated heterocycles. The molecular weight excluding hydrogens is 474 g/mol. The number of carbonyl (C=O) groups excluding carboxylic acids is 1. The molecule has 188 valence electrons. The lowest BCUT2D eigenvalue weighted by Crippen LogP contribution is -2.39. The van der Waals surface area contributed by atoms with Crippen LogP contribution in [-0.4, -0.2) is 34.0 Å². The van der Waals surface area contributed by atoms with Gasteiger partial charge in [0.1, 0.15) is 17.9 Å². The normalized spacial score (nSPS) is 16.6. The molecule has 1 N–H and O–H groups in total. The molecule has 0 bridgehead atoms. The maximum Gasteiger partial charge on any atom is 0.323 e. The summed E-state index contributed by atoms with van der Waals surface area (Å²) in [5, 5.41) is 9.97. The van der Waals surface area contributed by atoms with E-state index in [4.69, 9.17) is 16.3 Å². The second-order valence-corrected chi connectivity index (χ2v) is 10.2. The molecule has 0 fully saturated rings. The third-order valence-corrected chi connectivity index (χ3v) is 6.88. The average Bonchev–Trinajstić information content (AvgIpc) is 2.85. The zero-order valence-electron chi connectivity index (χ0n) is 20.8. The summed E-state index contributed by atoms with van der Waals surface area (Å²) in [6, 6.07) is 21.2. The molecule has 0 saturated carbocycles. The smallest absolute Gasteiger partial charge is 0.323 e. The van der Waals surface area contributed by atoms with Crippen molar-refractivity contribution in [3.05, 3.63) is 99.6 Å². The molecule has 0 unspecified atom stereocenters. The fraction of sp³-hybridized carbons (Fsp3) is 0.333. The van der Waals surface area contributed by atoms with Crippen molar-refractivity contribution in [2.75, 3.05) is 6.54 Å². The second kappa shape index (κ2) is 11.2. The number of aryl methyl sites for hydroxylation is 2. The minimum Gasteiger partial charge on any atom is -0.487 e. The molecule has 1 aliphatic heterocycles. The maximum absolute atomic E-state index is 13.3. The Morgan fingerprint density at radius 3 is 2.33 bits per heavy atom. The molecule has 36 heavy (non-hydrogen) atoms. The van der Waals surface area contributed by atoms with Gasteiger partial charge in [-0.05, 0) is 78.8 Å². The van der Waals surface area contributed by atoms with Crippen molar-refractivity contribution in [3.8, 4) is 5.75 Å². The van der Waals surface area contributed by atoms with Crippen LogP contribution in [0.4, 0.5) is 0 Å². The van der Waals surface area contributed by atoms with Crippen molar-refractivity contribution in [2.45, 2.75) is 58.1 Å². The van der Waals surface area contributed by atoms with Crippen molar-refractivity contribution >= 4 is 23.5 Å². The summed E-state index contributed by atoms with van der Waals surface area (Å²) in [5.41, 5.74) is 4.52. The van der Waals surface area contributed by atoms with Crippen LogP contribution in [0.1, 0.15) is 59.3 Å². The number of carboxylic acid groups (broad SMARTS) is 1. The Labute approximate surface area is 217 Å². The molecule has 0 radical (unpaired) electrons. The van der Waals surface area contributed by atoms with Crippen LogP contribution in [0.15, 0.2) is 66.7 Å². The average molecular weight is 506 g/mol. The number of hydrogen-bond donors (Lipinski definition) is 1. The van der Waals surface area contributed by atoms with Gasteiger partial charge in [-0.3, -0.25) is 9.59 Å². The van der Waals surface area contributed by atoms with E-state index in [1.54, 1.807) is 30.3 Å². The molecule has 6 heteroatoms. The van der Waals surface area contributed by atoms with Gasteiger partial charge in [-0.2, -0.15) is 0 Å². The number of rotatable bonds is 9. The van der Waals surface area contributed by atoms with E-state index in [1.807, 2.05) is 12.1 Å². The van der Waals surface area contributed by atoms with E-state index in [1.165, 1.54) is 16.0 Å². The molecule has 0 spiro atoms. The van der Waals surface area contributed by atoms with Crippen molar-refractivity contribution < 1.29 is 19.4 Å². The van der Waals surface area contributed by atoms with E-state index in [2.05, 4.69) is 38.1 Å². The van der Waals surface area contributed by atoms with Crippen LogP contribution in [0, 0.1) is 0 Å². The zero-order valence-corrected chi connectivity index (χ0v) is 21.6. The second-order valence-electron chi connectivity index (χ2n) is 9.80. The Morgan fingerprint density at radius 2 is 1.67 bits per heavy atom. The van der Waals surface area contributed by atoms with Gasteiger partial charge in [0.05, 0.1) is 0 Å². The first-order chi connectivity index (χ1) is 17.2. The minimum absolute atomic E-state index is 0.186. The Bertz CT molecular complexity index is 1220. The number of amides is 1. The number of hydrogen-bond acceptors (Lipinski definition) is 3. The van der Waals surface area contributed by atoms with E-state index in [0.29, 0.717) is 10.6 Å². The minimum atomic E-state index is -1.06. The van der Waals surface area contributed by atoms with Gasteiger partial charge >= 0.3 is 5.97 Å². The largest absolute Gasteiger partial charge is 0.487 e. The first-order valence-corrected chi connectivity index (χ1v) is 12.8. The van der Waals surface area contributed by atoms with Crippen molar-refractivity contribution in [2.24, 2.45) is 0 Å². The van der Waals surface area contributed by atoms with Gasteiger partial charge < -0.3 is 14.7 Å². The fourth-order valence-corrected chi connectivity index (χ4v) is 4.87. The lowest BCUT2D eigenvalue weighted by atomic mass is 9.86. The van der Waals surface area contributed by atoms with Gasteiger partial charge in [-0.15, -0.1) is 0 Å². The molecule has 1 amide bonds. The Kier molecular flexibility index (Phi) is 8.00. The molecule has 1 aliphatic rings. The Balaban J connectivity index is 1.47. The SMILES string of the molecule is CCCc1ccc(C[C@@]2(C)CCc3cc(C(=O)N(CC(=O)O)Cc4ccc(Cl)cc4)ccc3O2)cc1. The zero-order chi connectivity index (χ0) is 25.7. The van der Waals surface area contributed by atoms with Crippen LogP contribution in [-0.2, 0) is 30.6 Å². The van der Waals surface area contributed by atoms with Gasteiger partial charge in [0, 0.05) is 23.6 Å². The summed E-state index contributed by atoms with van der Waals surface area (Å²) >= 11 is 5.95. The summed E-state index contributed by atoms with van der Waals surface area (Å²) < 4.78 is 6.44. The Hall–Kier alpha value is -3.31. The van der Waals surface area contributed by atoms with Crippen LogP contribution in [0.25, 0.3) is 0 Å². The summed E-state index contributed by atoms with van der Waals surface area (Å²) in [5.74, 6) is -0.599. The van der Waals surface area contributed by atoms with E-state index in [9.17, 15) is 14.7 Å². The highest BCUT2D eigenvalue weighted by atomic mass is 35.5. The van der Waals surface area contributed by atoms with Gasteiger partial charge in [0.15, 0.2) is 0 Å². The molecule has 4 rings (SSSR count). The van der Waals surface area contributed by atoms with Gasteiger partial charge in [-0.25, -0.2) is 0 Å². The number of ether oxygens (including phenoxy) is 1. The summed E-state index contributed by atoms with van der Waals surface area (Å²) in [4.78, 5) is 26.1. The third kappa shape index (κ3) is 6.46. The van der Waals surface area contributed by atoms with E-state index < -0.39 is 5.97 Å². The standard InChI is InChI=1S/C30H32ClNO4/c1-3-4-21-5-7-22(8-6-21)18-30(2)16-15-24-17-25(11-14-27(24)36-30)29(35)32(20-28(33)34)19-23-9-12-26(31)13-10-23/h5-14,17H,3-4,15-16,18-20H2,1-2H3,(H,33,34)/t30-/m1/s1. The van der Waals surface area contributed by atoms with E-state index >= 15 is 0 Å². The van der Waals surface area contributed by atoms with Crippen molar-refractivity contribution in [1.29, 1.82) is 0 Å². The predicted molar refractivity (Wildman–Crippen MR) is 142 cm³/mol. The lowest BCUT2D eigenvalue weighted by Gasteiger charge is -2.36. The predicted octanol–water partition coefficient (Wildman–Crippen LogP) is 6.35. The molecule has 3 aromatic carbocycles. The molecule has 5 nitrogen and oxygen atoms in total. The Morgan fingerprint density at radius 1 is 1.00 bits per heavy atom. The molecular formula is C30H32ClNO4. The number of fused-ring (bicyclic) bond motifs is 1. The lowest BCUT2D eigenvalue weighted by molar-refractivity contribution is -0.137.